The van der Waals surface area contributed by atoms with Crippen molar-refractivity contribution in [3.63, 3.8) is 0 Å². The van der Waals surface area contributed by atoms with Crippen LogP contribution in [0.3, 0.4) is 0 Å². The van der Waals surface area contributed by atoms with Crippen molar-refractivity contribution in [3.8, 4) is 5.75 Å². The van der Waals surface area contributed by atoms with Crippen LogP contribution in [0.1, 0.15) is 11.1 Å². The van der Waals surface area contributed by atoms with E-state index < -0.39 is 5.82 Å². The largest absolute Gasteiger partial charge is 0.494 e. The summed E-state index contributed by atoms with van der Waals surface area (Å²) in [7, 11) is 1.40. The Hall–Kier alpha value is -2.07. The molecule has 0 atom stereocenters. The van der Waals surface area contributed by atoms with Gasteiger partial charge in [-0.05, 0) is 35.4 Å². The molecule has 0 aliphatic rings. The van der Waals surface area contributed by atoms with Crippen LogP contribution in [-0.4, -0.2) is 13.0 Å². The second-order valence-corrected chi connectivity index (χ2v) is 4.99. The fourth-order valence-corrected chi connectivity index (χ4v) is 2.00. The highest BCUT2D eigenvalue weighted by Gasteiger charge is 2.07. The van der Waals surface area contributed by atoms with Gasteiger partial charge in [-0.15, -0.1) is 0 Å². The third-order valence-electron chi connectivity index (χ3n) is 2.98. The summed E-state index contributed by atoms with van der Waals surface area (Å²) in [4.78, 5) is 11.8. The molecule has 5 heteroatoms. The van der Waals surface area contributed by atoms with E-state index in [-0.39, 0.29) is 18.1 Å². The number of amides is 1. The number of ether oxygens (including phenoxy) is 1. The van der Waals surface area contributed by atoms with Crippen LogP contribution in [0.15, 0.2) is 42.5 Å². The van der Waals surface area contributed by atoms with Crippen LogP contribution in [0, 0.1) is 5.82 Å². The maximum atomic E-state index is 13.5. The van der Waals surface area contributed by atoms with E-state index in [1.165, 1.54) is 19.2 Å². The average molecular weight is 308 g/mol. The molecule has 1 amide bonds. The second-order valence-electron chi connectivity index (χ2n) is 4.55. The zero-order valence-corrected chi connectivity index (χ0v) is 12.3. The molecule has 2 aromatic carbocycles. The van der Waals surface area contributed by atoms with Gasteiger partial charge in [0.15, 0.2) is 11.6 Å². The van der Waals surface area contributed by atoms with E-state index >= 15 is 0 Å². The van der Waals surface area contributed by atoms with Gasteiger partial charge in [0.25, 0.3) is 0 Å². The van der Waals surface area contributed by atoms with Gasteiger partial charge in [-0.25, -0.2) is 4.39 Å². The summed E-state index contributed by atoms with van der Waals surface area (Å²) in [6.07, 6.45) is 0.120. The number of rotatable bonds is 5. The van der Waals surface area contributed by atoms with Gasteiger partial charge in [0.1, 0.15) is 0 Å². The molecule has 0 heterocycles. The van der Waals surface area contributed by atoms with E-state index in [1.54, 1.807) is 18.2 Å². The highest BCUT2D eigenvalue weighted by atomic mass is 35.5. The van der Waals surface area contributed by atoms with Gasteiger partial charge < -0.3 is 10.1 Å². The summed E-state index contributed by atoms with van der Waals surface area (Å²) < 4.78 is 18.4. The summed E-state index contributed by atoms with van der Waals surface area (Å²) in [6.45, 7) is 0.411. The molecule has 0 spiro atoms. The van der Waals surface area contributed by atoms with E-state index in [9.17, 15) is 9.18 Å². The lowest BCUT2D eigenvalue weighted by Gasteiger charge is -2.07. The first-order valence-corrected chi connectivity index (χ1v) is 6.80. The predicted molar refractivity (Wildman–Crippen MR) is 80.0 cm³/mol. The molecule has 0 aromatic heterocycles. The highest BCUT2D eigenvalue weighted by Crippen LogP contribution is 2.18. The van der Waals surface area contributed by atoms with Crippen molar-refractivity contribution >= 4 is 17.5 Å². The Labute approximate surface area is 127 Å². The molecule has 2 rings (SSSR count). The fourth-order valence-electron chi connectivity index (χ4n) is 1.87. The van der Waals surface area contributed by atoms with Crippen molar-refractivity contribution in [2.24, 2.45) is 0 Å². The number of hydrogen-bond acceptors (Lipinski definition) is 2. The number of benzene rings is 2. The molecule has 1 N–H and O–H groups in total. The van der Waals surface area contributed by atoms with E-state index in [2.05, 4.69) is 5.32 Å². The number of nitrogens with one attached hydrogen (secondary N) is 1. The van der Waals surface area contributed by atoms with Crippen molar-refractivity contribution in [1.82, 2.24) is 5.32 Å². The third-order valence-corrected chi connectivity index (χ3v) is 3.24. The summed E-state index contributed by atoms with van der Waals surface area (Å²) in [5, 5.41) is 3.43. The third kappa shape index (κ3) is 4.46. The lowest BCUT2D eigenvalue weighted by atomic mass is 10.1. The molecular weight excluding hydrogens is 293 g/mol. The molecule has 0 aliphatic carbocycles. The van der Waals surface area contributed by atoms with Crippen molar-refractivity contribution in [2.45, 2.75) is 13.0 Å². The first-order valence-electron chi connectivity index (χ1n) is 6.42. The van der Waals surface area contributed by atoms with E-state index in [4.69, 9.17) is 16.3 Å². The zero-order chi connectivity index (χ0) is 15.2. The molecule has 110 valence electrons. The lowest BCUT2D eigenvalue weighted by molar-refractivity contribution is -0.120. The minimum Gasteiger partial charge on any atom is -0.494 e. The maximum Gasteiger partial charge on any atom is 0.224 e. The monoisotopic (exact) mass is 307 g/mol. The van der Waals surface area contributed by atoms with Crippen LogP contribution in [0.2, 0.25) is 5.02 Å². The minimum atomic E-state index is -0.472. The lowest BCUT2D eigenvalue weighted by Crippen LogP contribution is -2.24. The van der Waals surface area contributed by atoms with E-state index in [1.807, 2.05) is 12.1 Å². The highest BCUT2D eigenvalue weighted by molar-refractivity contribution is 6.30. The Morgan fingerprint density at radius 1 is 1.19 bits per heavy atom. The molecule has 21 heavy (non-hydrogen) atoms. The normalized spacial score (nSPS) is 10.2. The van der Waals surface area contributed by atoms with Gasteiger partial charge in [-0.1, -0.05) is 29.8 Å². The fraction of sp³-hybridized carbons (Fsp3) is 0.188. The summed E-state index contributed by atoms with van der Waals surface area (Å²) in [5.41, 5.74) is 1.55. The van der Waals surface area contributed by atoms with Crippen LogP contribution in [0.4, 0.5) is 4.39 Å². The number of hydrogen-bond donors (Lipinski definition) is 1. The molecule has 0 unspecified atom stereocenters. The van der Waals surface area contributed by atoms with Crippen LogP contribution in [0.5, 0.6) is 5.75 Å². The quantitative estimate of drug-likeness (QED) is 0.920. The molecule has 2 aromatic rings. The van der Waals surface area contributed by atoms with Crippen molar-refractivity contribution < 1.29 is 13.9 Å². The van der Waals surface area contributed by atoms with E-state index in [0.717, 1.165) is 5.56 Å². The van der Waals surface area contributed by atoms with E-state index in [0.29, 0.717) is 17.1 Å². The first kappa shape index (κ1) is 15.3. The van der Waals surface area contributed by atoms with Crippen molar-refractivity contribution in [3.05, 3.63) is 64.4 Å². The number of halogens is 2. The second kappa shape index (κ2) is 7.09. The van der Waals surface area contributed by atoms with Gasteiger partial charge in [0.05, 0.1) is 13.5 Å². The van der Waals surface area contributed by atoms with Crippen LogP contribution in [-0.2, 0) is 17.8 Å². The van der Waals surface area contributed by atoms with Gasteiger partial charge in [0, 0.05) is 11.6 Å². The van der Waals surface area contributed by atoms with Gasteiger partial charge in [-0.2, -0.15) is 0 Å². The molecule has 0 fully saturated rings. The molecule has 3 nitrogen and oxygen atoms in total. The molecule has 0 bridgehead atoms. The summed E-state index contributed by atoms with van der Waals surface area (Å²) in [5.74, 6) is -0.477. The number of methoxy groups -OCH3 is 1. The molecule has 0 saturated heterocycles. The number of carbonyl (C=O) groups excluding carboxylic acids is 1. The minimum absolute atomic E-state index is 0.120. The topological polar surface area (TPSA) is 38.3 Å². The average Bonchev–Trinajstić information content (AvgIpc) is 2.47. The Bertz CT molecular complexity index is 629. The Morgan fingerprint density at radius 3 is 2.48 bits per heavy atom. The Balaban J connectivity index is 1.89. The first-order chi connectivity index (χ1) is 10.1. The Kier molecular flexibility index (Phi) is 5.17. The zero-order valence-electron chi connectivity index (χ0n) is 11.5. The standard InChI is InChI=1S/C16H15ClFNO2/c1-21-15-7-4-12(8-14(15)18)9-16(20)19-10-11-2-5-13(17)6-3-11/h2-8H,9-10H2,1H3,(H,19,20). The predicted octanol–water partition coefficient (Wildman–Crippen LogP) is 3.35. The van der Waals surface area contributed by atoms with Gasteiger partial charge in [-0.3, -0.25) is 4.79 Å². The summed E-state index contributed by atoms with van der Waals surface area (Å²) >= 11 is 5.79. The van der Waals surface area contributed by atoms with Crippen LogP contribution in [0.25, 0.3) is 0 Å². The Morgan fingerprint density at radius 2 is 1.86 bits per heavy atom. The SMILES string of the molecule is COc1ccc(CC(=O)NCc2ccc(Cl)cc2)cc1F. The molecular formula is C16H15ClFNO2. The van der Waals surface area contributed by atoms with Gasteiger partial charge in [0.2, 0.25) is 5.91 Å². The molecule has 0 saturated carbocycles. The van der Waals surface area contributed by atoms with Gasteiger partial charge >= 0.3 is 0 Å². The smallest absolute Gasteiger partial charge is 0.224 e. The molecule has 0 aliphatic heterocycles. The van der Waals surface area contributed by atoms with Crippen LogP contribution >= 0.6 is 11.6 Å². The van der Waals surface area contributed by atoms with Crippen LogP contribution < -0.4 is 10.1 Å². The maximum absolute atomic E-state index is 13.5. The molecule has 0 radical (unpaired) electrons. The number of carbonyl (C=O) groups is 1. The summed E-state index contributed by atoms with van der Waals surface area (Å²) in [6, 6.07) is 11.7. The van der Waals surface area contributed by atoms with Crippen molar-refractivity contribution in [2.75, 3.05) is 7.11 Å². The van der Waals surface area contributed by atoms with Crippen molar-refractivity contribution in [1.29, 1.82) is 0 Å².